The number of nitrogens with one attached hydrogen (secondary N) is 1. The van der Waals surface area contributed by atoms with Crippen LogP contribution in [0.3, 0.4) is 0 Å². The first kappa shape index (κ1) is 18.4. The second-order valence-corrected chi connectivity index (χ2v) is 7.00. The first-order valence-corrected chi connectivity index (χ1v) is 9.71. The van der Waals surface area contributed by atoms with E-state index in [1.807, 2.05) is 18.2 Å². The molecule has 4 heteroatoms. The average molecular weight is 374 g/mol. The zero-order chi connectivity index (χ0) is 19.5. The van der Waals surface area contributed by atoms with E-state index in [0.29, 0.717) is 6.54 Å². The number of hydrogen-bond acceptors (Lipinski definition) is 3. The Hall–Kier alpha value is -2.98. The van der Waals surface area contributed by atoms with Crippen LogP contribution < -0.4 is 15.2 Å². The second kappa shape index (κ2) is 7.95. The summed E-state index contributed by atoms with van der Waals surface area (Å²) in [5.74, 6) is 1.64. The normalized spacial score (nSPS) is 11.2. The van der Waals surface area contributed by atoms with Gasteiger partial charge in [0, 0.05) is 16.3 Å². The largest absolute Gasteiger partial charge is 0.497 e. The van der Waals surface area contributed by atoms with E-state index in [9.17, 15) is 0 Å². The SMILES string of the molecule is COc1ccc(OC)c(-c2[nH]c3c(ccc4ccccc43)c2CCCCN)c1. The molecule has 0 spiro atoms. The van der Waals surface area contributed by atoms with Crippen LogP contribution in [0.4, 0.5) is 0 Å². The molecule has 0 fully saturated rings. The molecule has 0 atom stereocenters. The van der Waals surface area contributed by atoms with Gasteiger partial charge < -0.3 is 20.2 Å². The highest BCUT2D eigenvalue weighted by molar-refractivity contribution is 6.09. The molecular weight excluding hydrogens is 348 g/mol. The fourth-order valence-corrected chi connectivity index (χ4v) is 3.94. The molecule has 3 N–H and O–H groups in total. The smallest absolute Gasteiger partial charge is 0.128 e. The number of nitrogens with two attached hydrogens (primary N) is 1. The van der Waals surface area contributed by atoms with Crippen molar-refractivity contribution in [1.29, 1.82) is 0 Å². The van der Waals surface area contributed by atoms with Gasteiger partial charge >= 0.3 is 0 Å². The number of aromatic amines is 1. The number of H-pyrrole nitrogens is 1. The maximum Gasteiger partial charge on any atom is 0.128 e. The zero-order valence-electron chi connectivity index (χ0n) is 16.4. The lowest BCUT2D eigenvalue weighted by Crippen LogP contribution is -1.99. The summed E-state index contributed by atoms with van der Waals surface area (Å²) in [7, 11) is 3.39. The Balaban J connectivity index is 1.98. The molecule has 4 nitrogen and oxygen atoms in total. The minimum Gasteiger partial charge on any atom is -0.497 e. The van der Waals surface area contributed by atoms with Gasteiger partial charge in [-0.25, -0.2) is 0 Å². The van der Waals surface area contributed by atoms with E-state index in [4.69, 9.17) is 15.2 Å². The summed E-state index contributed by atoms with van der Waals surface area (Å²) in [6.07, 6.45) is 3.02. The van der Waals surface area contributed by atoms with Crippen molar-refractivity contribution in [2.75, 3.05) is 20.8 Å². The fourth-order valence-electron chi connectivity index (χ4n) is 3.94. The first-order valence-electron chi connectivity index (χ1n) is 9.71. The van der Waals surface area contributed by atoms with E-state index >= 15 is 0 Å². The maximum absolute atomic E-state index is 5.74. The fraction of sp³-hybridized carbons (Fsp3) is 0.250. The third-order valence-corrected chi connectivity index (χ3v) is 5.36. The lowest BCUT2D eigenvalue weighted by molar-refractivity contribution is 0.404. The molecular formula is C24H26N2O2. The van der Waals surface area contributed by atoms with E-state index < -0.39 is 0 Å². The van der Waals surface area contributed by atoms with Gasteiger partial charge in [-0.3, -0.25) is 0 Å². The molecule has 0 saturated heterocycles. The van der Waals surface area contributed by atoms with E-state index in [1.165, 1.54) is 27.2 Å². The van der Waals surface area contributed by atoms with Gasteiger partial charge in [-0.2, -0.15) is 0 Å². The van der Waals surface area contributed by atoms with Crippen LogP contribution >= 0.6 is 0 Å². The number of methoxy groups -OCH3 is 2. The molecule has 0 aliphatic heterocycles. The van der Waals surface area contributed by atoms with Crippen LogP contribution in [-0.2, 0) is 6.42 Å². The number of hydrogen-bond donors (Lipinski definition) is 2. The number of rotatable bonds is 7. The molecule has 0 radical (unpaired) electrons. The summed E-state index contributed by atoms with van der Waals surface area (Å²) in [5.41, 5.74) is 10.3. The molecule has 1 heterocycles. The number of unbranched alkanes of at least 4 members (excludes halogenated alkanes) is 1. The second-order valence-electron chi connectivity index (χ2n) is 7.00. The Morgan fingerprint density at radius 1 is 0.893 bits per heavy atom. The predicted octanol–water partition coefficient (Wildman–Crippen LogP) is 5.29. The Bertz CT molecular complexity index is 1110. The average Bonchev–Trinajstić information content (AvgIpc) is 3.12. The molecule has 0 saturated carbocycles. The highest BCUT2D eigenvalue weighted by atomic mass is 16.5. The summed E-state index contributed by atoms with van der Waals surface area (Å²) < 4.78 is 11.1. The van der Waals surface area contributed by atoms with Crippen LogP contribution in [0.25, 0.3) is 32.9 Å². The predicted molar refractivity (Wildman–Crippen MR) is 116 cm³/mol. The van der Waals surface area contributed by atoms with Gasteiger partial charge in [-0.05, 0) is 55.0 Å². The number of aryl methyl sites for hydroxylation is 1. The molecule has 0 bridgehead atoms. The monoisotopic (exact) mass is 374 g/mol. The van der Waals surface area contributed by atoms with Crippen molar-refractivity contribution >= 4 is 21.7 Å². The number of aromatic nitrogens is 1. The summed E-state index contributed by atoms with van der Waals surface area (Å²) in [6, 6.07) is 18.8. The van der Waals surface area contributed by atoms with E-state index in [-0.39, 0.29) is 0 Å². The molecule has 4 rings (SSSR count). The summed E-state index contributed by atoms with van der Waals surface area (Å²) >= 11 is 0. The van der Waals surface area contributed by atoms with E-state index in [0.717, 1.165) is 42.0 Å². The van der Waals surface area contributed by atoms with Crippen molar-refractivity contribution in [3.63, 3.8) is 0 Å². The number of fused-ring (bicyclic) bond motifs is 3. The van der Waals surface area contributed by atoms with Gasteiger partial charge in [0.1, 0.15) is 11.5 Å². The molecule has 28 heavy (non-hydrogen) atoms. The molecule has 0 unspecified atom stereocenters. The van der Waals surface area contributed by atoms with Crippen LogP contribution in [0.15, 0.2) is 54.6 Å². The Kier molecular flexibility index (Phi) is 5.22. The topological polar surface area (TPSA) is 60.3 Å². The van der Waals surface area contributed by atoms with Crippen LogP contribution in [0.5, 0.6) is 11.5 Å². The highest BCUT2D eigenvalue weighted by Gasteiger charge is 2.18. The van der Waals surface area contributed by atoms with Gasteiger partial charge in [-0.15, -0.1) is 0 Å². The molecule has 4 aromatic rings. The van der Waals surface area contributed by atoms with Gasteiger partial charge in [-0.1, -0.05) is 36.4 Å². The van der Waals surface area contributed by atoms with Crippen LogP contribution in [0, 0.1) is 0 Å². The number of benzene rings is 3. The third kappa shape index (κ3) is 3.20. The maximum atomic E-state index is 5.74. The summed E-state index contributed by atoms with van der Waals surface area (Å²) in [5, 5.41) is 3.72. The van der Waals surface area contributed by atoms with Gasteiger partial charge in [0.25, 0.3) is 0 Å². The molecule has 3 aromatic carbocycles. The van der Waals surface area contributed by atoms with Crippen LogP contribution in [0.2, 0.25) is 0 Å². The molecule has 0 aliphatic rings. The zero-order valence-corrected chi connectivity index (χ0v) is 16.4. The van der Waals surface area contributed by atoms with E-state index in [1.54, 1.807) is 14.2 Å². The summed E-state index contributed by atoms with van der Waals surface area (Å²) in [6.45, 7) is 0.711. The van der Waals surface area contributed by atoms with Crippen molar-refractivity contribution in [3.8, 4) is 22.8 Å². The Morgan fingerprint density at radius 2 is 1.75 bits per heavy atom. The summed E-state index contributed by atoms with van der Waals surface area (Å²) in [4.78, 5) is 3.71. The highest BCUT2D eigenvalue weighted by Crippen LogP contribution is 2.40. The van der Waals surface area contributed by atoms with E-state index in [2.05, 4.69) is 41.4 Å². The Morgan fingerprint density at radius 3 is 2.54 bits per heavy atom. The van der Waals surface area contributed by atoms with Crippen molar-refractivity contribution < 1.29 is 9.47 Å². The lowest BCUT2D eigenvalue weighted by atomic mass is 9.98. The van der Waals surface area contributed by atoms with Crippen LogP contribution in [0.1, 0.15) is 18.4 Å². The quantitative estimate of drug-likeness (QED) is 0.432. The molecule has 144 valence electrons. The van der Waals surface area contributed by atoms with Gasteiger partial charge in [0.15, 0.2) is 0 Å². The third-order valence-electron chi connectivity index (χ3n) is 5.36. The molecule has 0 amide bonds. The van der Waals surface area contributed by atoms with Crippen molar-refractivity contribution in [2.45, 2.75) is 19.3 Å². The molecule has 0 aliphatic carbocycles. The van der Waals surface area contributed by atoms with Gasteiger partial charge in [0.05, 0.1) is 25.4 Å². The first-order chi connectivity index (χ1) is 13.8. The Labute approximate surface area is 165 Å². The minimum atomic E-state index is 0.711. The van der Waals surface area contributed by atoms with Gasteiger partial charge in [0.2, 0.25) is 0 Å². The standard InChI is InChI=1S/C24H26N2O2/c1-27-17-11-13-22(28-2)21(15-17)24-19(9-5-6-14-25)20-12-10-16-7-3-4-8-18(16)23(20)26-24/h3-4,7-8,10-13,15,26H,5-6,9,14,25H2,1-2H3. The van der Waals surface area contributed by atoms with Crippen molar-refractivity contribution in [3.05, 3.63) is 60.2 Å². The molecule has 1 aromatic heterocycles. The van der Waals surface area contributed by atoms with Crippen molar-refractivity contribution in [1.82, 2.24) is 4.98 Å². The minimum absolute atomic E-state index is 0.711. The van der Waals surface area contributed by atoms with Crippen molar-refractivity contribution in [2.24, 2.45) is 5.73 Å². The number of ether oxygens (including phenoxy) is 2. The van der Waals surface area contributed by atoms with Crippen LogP contribution in [-0.4, -0.2) is 25.7 Å². The lowest BCUT2D eigenvalue weighted by Gasteiger charge is -2.11.